The van der Waals surface area contributed by atoms with Crippen LogP contribution < -0.4 is 16.4 Å². The van der Waals surface area contributed by atoms with E-state index in [0.717, 1.165) is 21.2 Å². The van der Waals surface area contributed by atoms with Gasteiger partial charge in [-0.1, -0.05) is 0 Å². The molecule has 0 aromatic carbocycles. The Kier molecular flexibility index (Phi) is 8.89. The van der Waals surface area contributed by atoms with Gasteiger partial charge in [-0.25, -0.2) is 0 Å². The van der Waals surface area contributed by atoms with Crippen molar-refractivity contribution in [2.45, 2.75) is 38.4 Å². The number of rotatable bonds is 9. The molecule has 0 aliphatic heterocycles. The van der Waals surface area contributed by atoms with Gasteiger partial charge in [-0.05, 0) is 33.1 Å². The van der Waals surface area contributed by atoms with E-state index in [1.165, 1.54) is 6.92 Å². The standard InChI is InChI=1S/C11H24N3O3P/c1-7(10(15)14-8(2)11(16)17)13-6-9(12)4-5-18-3/h7-9,13,18H,4-6,12H2,1-3H3,(H,14,15)(H,16,17). The van der Waals surface area contributed by atoms with Gasteiger partial charge in [0.25, 0.3) is 0 Å². The fraction of sp³-hybridized carbons (Fsp3) is 0.818. The average Bonchev–Trinajstić information content (AvgIpc) is 2.32. The molecule has 0 aliphatic carbocycles. The summed E-state index contributed by atoms with van der Waals surface area (Å²) >= 11 is 0. The molecule has 0 saturated heterocycles. The maximum atomic E-state index is 11.6. The lowest BCUT2D eigenvalue weighted by atomic mass is 10.2. The molecule has 0 aromatic heterocycles. The second-order valence-electron chi connectivity index (χ2n) is 4.35. The Bertz CT molecular complexity index is 276. The summed E-state index contributed by atoms with van der Waals surface area (Å²) in [6.45, 7) is 5.81. The Morgan fingerprint density at radius 3 is 2.44 bits per heavy atom. The second kappa shape index (κ2) is 9.25. The summed E-state index contributed by atoms with van der Waals surface area (Å²) in [5.74, 6) is -1.37. The Hall–Kier alpha value is -0.710. The third kappa shape index (κ3) is 7.58. The lowest BCUT2D eigenvalue weighted by Gasteiger charge is -2.18. The maximum absolute atomic E-state index is 11.6. The highest BCUT2D eigenvalue weighted by atomic mass is 31.1. The van der Waals surface area contributed by atoms with Crippen LogP contribution in [0, 0.1) is 0 Å². The van der Waals surface area contributed by atoms with E-state index in [0.29, 0.717) is 6.54 Å². The highest BCUT2D eigenvalue weighted by Gasteiger charge is 2.18. The molecule has 18 heavy (non-hydrogen) atoms. The summed E-state index contributed by atoms with van der Waals surface area (Å²) < 4.78 is 0. The van der Waals surface area contributed by atoms with E-state index in [9.17, 15) is 9.59 Å². The van der Waals surface area contributed by atoms with Gasteiger partial charge >= 0.3 is 5.97 Å². The minimum absolute atomic E-state index is 0.0320. The van der Waals surface area contributed by atoms with E-state index in [1.54, 1.807) is 6.92 Å². The monoisotopic (exact) mass is 277 g/mol. The normalized spacial score (nSPS) is 16.4. The largest absolute Gasteiger partial charge is 0.480 e. The highest BCUT2D eigenvalue weighted by molar-refractivity contribution is 7.36. The topological polar surface area (TPSA) is 104 Å². The van der Waals surface area contributed by atoms with Crippen LogP contribution in [0.2, 0.25) is 0 Å². The average molecular weight is 277 g/mol. The van der Waals surface area contributed by atoms with Gasteiger partial charge in [-0.2, -0.15) is 0 Å². The zero-order valence-electron chi connectivity index (χ0n) is 11.2. The first-order valence-corrected chi connectivity index (χ1v) is 7.76. The van der Waals surface area contributed by atoms with Crippen LogP contribution in [-0.4, -0.2) is 54.5 Å². The van der Waals surface area contributed by atoms with Gasteiger partial charge in [0.1, 0.15) is 6.04 Å². The molecule has 4 unspecified atom stereocenters. The first kappa shape index (κ1) is 17.3. The molecule has 0 radical (unpaired) electrons. The number of nitrogens with one attached hydrogen (secondary N) is 2. The summed E-state index contributed by atoms with van der Waals surface area (Å²) in [6, 6.07) is -1.29. The van der Waals surface area contributed by atoms with Crippen molar-refractivity contribution < 1.29 is 14.7 Å². The molecular weight excluding hydrogens is 253 g/mol. The van der Waals surface area contributed by atoms with Gasteiger partial charge in [0.15, 0.2) is 0 Å². The molecule has 0 fully saturated rings. The number of carbonyl (C=O) groups is 2. The minimum atomic E-state index is -1.05. The van der Waals surface area contributed by atoms with Crippen LogP contribution >= 0.6 is 8.58 Å². The van der Waals surface area contributed by atoms with E-state index in [2.05, 4.69) is 17.3 Å². The third-order valence-electron chi connectivity index (χ3n) is 2.57. The van der Waals surface area contributed by atoms with Crippen molar-refractivity contribution in [2.75, 3.05) is 19.4 Å². The Morgan fingerprint density at radius 2 is 1.94 bits per heavy atom. The number of carbonyl (C=O) groups excluding carboxylic acids is 1. The van der Waals surface area contributed by atoms with Gasteiger partial charge in [0, 0.05) is 12.6 Å². The van der Waals surface area contributed by atoms with Crippen molar-refractivity contribution in [1.29, 1.82) is 0 Å². The molecule has 0 saturated carbocycles. The number of carboxylic acids is 1. The van der Waals surface area contributed by atoms with Crippen molar-refractivity contribution in [3.05, 3.63) is 0 Å². The molecule has 0 spiro atoms. The maximum Gasteiger partial charge on any atom is 0.325 e. The number of carboxylic acid groups (broad SMARTS) is 1. The van der Waals surface area contributed by atoms with E-state index >= 15 is 0 Å². The van der Waals surface area contributed by atoms with Crippen LogP contribution in [0.15, 0.2) is 0 Å². The Labute approximate surface area is 110 Å². The molecule has 6 nitrogen and oxygen atoms in total. The number of aliphatic carboxylic acids is 1. The molecule has 7 heteroatoms. The first-order chi connectivity index (χ1) is 8.38. The summed E-state index contributed by atoms with van der Waals surface area (Å²) in [4.78, 5) is 22.2. The summed E-state index contributed by atoms with van der Waals surface area (Å²) in [6.07, 6.45) is 2.03. The van der Waals surface area contributed by atoms with E-state index in [-0.39, 0.29) is 11.9 Å². The summed E-state index contributed by atoms with van der Waals surface area (Å²) in [5, 5.41) is 14.1. The van der Waals surface area contributed by atoms with Crippen LogP contribution in [0.5, 0.6) is 0 Å². The van der Waals surface area contributed by atoms with E-state index in [1.807, 2.05) is 0 Å². The highest BCUT2D eigenvalue weighted by Crippen LogP contribution is 2.04. The summed E-state index contributed by atoms with van der Waals surface area (Å²) in [5.41, 5.74) is 5.87. The number of amides is 1. The molecule has 4 atom stereocenters. The van der Waals surface area contributed by atoms with Gasteiger partial charge in [-0.3, -0.25) is 9.59 Å². The third-order valence-corrected chi connectivity index (χ3v) is 3.36. The molecule has 106 valence electrons. The van der Waals surface area contributed by atoms with Gasteiger partial charge < -0.3 is 21.5 Å². The molecule has 0 aromatic rings. The summed E-state index contributed by atoms with van der Waals surface area (Å²) in [7, 11) is 0.886. The lowest BCUT2D eigenvalue weighted by molar-refractivity contribution is -0.141. The minimum Gasteiger partial charge on any atom is -0.480 e. The second-order valence-corrected chi connectivity index (χ2v) is 5.56. The Morgan fingerprint density at radius 1 is 1.33 bits per heavy atom. The number of hydrogen-bond acceptors (Lipinski definition) is 4. The fourth-order valence-corrected chi connectivity index (χ4v) is 1.91. The van der Waals surface area contributed by atoms with Crippen LogP contribution in [0.25, 0.3) is 0 Å². The molecule has 5 N–H and O–H groups in total. The quantitative estimate of drug-likeness (QED) is 0.428. The molecule has 0 bridgehead atoms. The zero-order valence-corrected chi connectivity index (χ0v) is 12.2. The SMILES string of the molecule is CPCCC(N)CNC(C)C(=O)NC(C)C(=O)O. The van der Waals surface area contributed by atoms with Gasteiger partial charge in [-0.15, -0.1) is 8.58 Å². The molecule has 0 aliphatic rings. The van der Waals surface area contributed by atoms with E-state index in [4.69, 9.17) is 10.8 Å². The van der Waals surface area contributed by atoms with Crippen LogP contribution in [-0.2, 0) is 9.59 Å². The number of nitrogens with two attached hydrogens (primary N) is 1. The van der Waals surface area contributed by atoms with Crippen LogP contribution in [0.3, 0.4) is 0 Å². The first-order valence-electron chi connectivity index (χ1n) is 6.05. The smallest absolute Gasteiger partial charge is 0.325 e. The van der Waals surface area contributed by atoms with E-state index < -0.39 is 18.1 Å². The molecule has 0 rings (SSSR count). The lowest BCUT2D eigenvalue weighted by Crippen LogP contribution is -2.50. The predicted octanol–water partition coefficient (Wildman–Crippen LogP) is -0.420. The Balaban J connectivity index is 3.90. The van der Waals surface area contributed by atoms with Crippen molar-refractivity contribution in [1.82, 2.24) is 10.6 Å². The van der Waals surface area contributed by atoms with Crippen molar-refractivity contribution >= 4 is 20.5 Å². The van der Waals surface area contributed by atoms with Crippen LogP contribution in [0.4, 0.5) is 0 Å². The van der Waals surface area contributed by atoms with Crippen molar-refractivity contribution in [3.63, 3.8) is 0 Å². The van der Waals surface area contributed by atoms with Crippen molar-refractivity contribution in [2.24, 2.45) is 5.73 Å². The van der Waals surface area contributed by atoms with Crippen molar-refractivity contribution in [3.8, 4) is 0 Å². The molecule has 0 heterocycles. The van der Waals surface area contributed by atoms with Gasteiger partial charge in [0.2, 0.25) is 5.91 Å². The zero-order chi connectivity index (χ0) is 14.1. The van der Waals surface area contributed by atoms with Crippen LogP contribution in [0.1, 0.15) is 20.3 Å². The predicted molar refractivity (Wildman–Crippen MR) is 74.4 cm³/mol. The molecule has 1 amide bonds. The molecular formula is C11H24N3O3P. The fourth-order valence-electron chi connectivity index (χ4n) is 1.25. The number of hydrogen-bond donors (Lipinski definition) is 4. The van der Waals surface area contributed by atoms with Gasteiger partial charge in [0.05, 0.1) is 6.04 Å².